The fraction of sp³-hybridized carbons (Fsp3) is 0.176. The molecule has 0 saturated carbocycles. The molecule has 0 fully saturated rings. The van der Waals surface area contributed by atoms with Crippen LogP contribution in [0, 0.1) is 0 Å². The summed E-state index contributed by atoms with van der Waals surface area (Å²) in [6.45, 7) is 1.42. The van der Waals surface area contributed by atoms with Gasteiger partial charge in [-0.3, -0.25) is 9.59 Å². The van der Waals surface area contributed by atoms with Gasteiger partial charge in [-0.15, -0.1) is 13.2 Å². The predicted molar refractivity (Wildman–Crippen MR) is 85.1 cm³/mol. The number of anilines is 1. The van der Waals surface area contributed by atoms with Gasteiger partial charge in [-0.2, -0.15) is 0 Å². The van der Waals surface area contributed by atoms with Gasteiger partial charge in [0.25, 0.3) is 5.91 Å². The molecule has 2 rings (SSSR count). The van der Waals surface area contributed by atoms with E-state index in [-0.39, 0.29) is 5.69 Å². The molecule has 2 amide bonds. The van der Waals surface area contributed by atoms with Crippen LogP contribution in [0.3, 0.4) is 0 Å². The van der Waals surface area contributed by atoms with Gasteiger partial charge in [0.2, 0.25) is 5.91 Å². The number of amides is 2. The summed E-state index contributed by atoms with van der Waals surface area (Å²) in [5, 5.41) is 4.78. The first kappa shape index (κ1) is 18.3. The molecule has 0 heterocycles. The summed E-state index contributed by atoms with van der Waals surface area (Å²) in [6.07, 6.45) is -4.88. The normalized spacial score (nSPS) is 12.2. The van der Waals surface area contributed by atoms with Gasteiger partial charge < -0.3 is 15.4 Å². The minimum absolute atomic E-state index is 0.148. The molecule has 2 aromatic rings. The van der Waals surface area contributed by atoms with Crippen molar-refractivity contribution < 1.29 is 27.5 Å². The first-order chi connectivity index (χ1) is 11.8. The molecule has 0 aliphatic rings. The van der Waals surface area contributed by atoms with Crippen LogP contribution in [0.4, 0.5) is 18.9 Å². The SMILES string of the molecule is CC(NC(=O)c1ccccc1)C(=O)Nc1ccccc1OC(F)(F)F. The van der Waals surface area contributed by atoms with Crippen molar-refractivity contribution in [2.24, 2.45) is 0 Å². The minimum Gasteiger partial charge on any atom is -0.404 e. The lowest BCUT2D eigenvalue weighted by molar-refractivity contribution is -0.274. The molecule has 2 N–H and O–H groups in total. The van der Waals surface area contributed by atoms with Crippen molar-refractivity contribution in [3.8, 4) is 5.75 Å². The van der Waals surface area contributed by atoms with Gasteiger partial charge in [-0.05, 0) is 31.2 Å². The van der Waals surface area contributed by atoms with Crippen LogP contribution in [0.25, 0.3) is 0 Å². The first-order valence-corrected chi connectivity index (χ1v) is 7.28. The Balaban J connectivity index is 2.03. The smallest absolute Gasteiger partial charge is 0.404 e. The number of nitrogens with one attached hydrogen (secondary N) is 2. The quantitative estimate of drug-likeness (QED) is 0.867. The van der Waals surface area contributed by atoms with Crippen molar-refractivity contribution in [2.45, 2.75) is 19.3 Å². The molecular weight excluding hydrogens is 337 g/mol. The number of hydrogen-bond acceptors (Lipinski definition) is 3. The maximum atomic E-state index is 12.4. The number of hydrogen-bond donors (Lipinski definition) is 2. The van der Waals surface area contributed by atoms with Gasteiger partial charge >= 0.3 is 6.36 Å². The van der Waals surface area contributed by atoms with Crippen molar-refractivity contribution in [1.82, 2.24) is 5.32 Å². The Labute approximate surface area is 141 Å². The summed E-state index contributed by atoms with van der Waals surface area (Å²) in [6, 6.07) is 12.4. The van der Waals surface area contributed by atoms with E-state index in [1.807, 2.05) is 0 Å². The van der Waals surface area contributed by atoms with Crippen molar-refractivity contribution in [2.75, 3.05) is 5.32 Å². The zero-order valence-electron chi connectivity index (χ0n) is 13.1. The zero-order chi connectivity index (χ0) is 18.4. The summed E-state index contributed by atoms with van der Waals surface area (Å²) in [5.74, 6) is -1.68. The molecule has 0 bridgehead atoms. The molecule has 1 atom stereocenters. The highest BCUT2D eigenvalue weighted by Gasteiger charge is 2.32. The van der Waals surface area contributed by atoms with Crippen LogP contribution in [-0.2, 0) is 4.79 Å². The second-order valence-corrected chi connectivity index (χ2v) is 5.09. The van der Waals surface area contributed by atoms with Crippen LogP contribution in [-0.4, -0.2) is 24.2 Å². The van der Waals surface area contributed by atoms with Crippen LogP contribution < -0.4 is 15.4 Å². The summed E-state index contributed by atoms with van der Waals surface area (Å²) < 4.78 is 41.0. The number of alkyl halides is 3. The van der Waals surface area contributed by atoms with E-state index < -0.39 is 30.0 Å². The van der Waals surface area contributed by atoms with E-state index >= 15 is 0 Å². The van der Waals surface area contributed by atoms with Gasteiger partial charge in [0.15, 0.2) is 5.75 Å². The fourth-order valence-electron chi connectivity index (χ4n) is 1.96. The first-order valence-electron chi connectivity index (χ1n) is 7.28. The second-order valence-electron chi connectivity index (χ2n) is 5.09. The van der Waals surface area contributed by atoms with Crippen LogP contribution in [0.2, 0.25) is 0 Å². The number of para-hydroxylation sites is 2. The van der Waals surface area contributed by atoms with Crippen LogP contribution in [0.1, 0.15) is 17.3 Å². The van der Waals surface area contributed by atoms with Crippen molar-refractivity contribution >= 4 is 17.5 Å². The van der Waals surface area contributed by atoms with E-state index in [0.29, 0.717) is 5.56 Å². The Hall–Kier alpha value is -3.03. The topological polar surface area (TPSA) is 67.4 Å². The number of ether oxygens (including phenoxy) is 1. The van der Waals surface area contributed by atoms with Crippen molar-refractivity contribution in [3.63, 3.8) is 0 Å². The molecule has 0 aromatic heterocycles. The molecule has 132 valence electrons. The van der Waals surface area contributed by atoms with E-state index in [4.69, 9.17) is 0 Å². The molecular formula is C17H15F3N2O3. The third-order valence-electron chi connectivity index (χ3n) is 3.15. The molecule has 5 nitrogen and oxygen atoms in total. The van der Waals surface area contributed by atoms with Crippen molar-refractivity contribution in [1.29, 1.82) is 0 Å². The van der Waals surface area contributed by atoms with Gasteiger partial charge in [0, 0.05) is 5.56 Å². The maximum absolute atomic E-state index is 12.4. The standard InChI is InChI=1S/C17H15F3N2O3/c1-11(21-16(24)12-7-3-2-4-8-12)15(23)22-13-9-5-6-10-14(13)25-17(18,19)20/h2-11H,1H3,(H,21,24)(H,22,23). The van der Waals surface area contributed by atoms with Gasteiger partial charge in [-0.1, -0.05) is 30.3 Å². The number of halogens is 3. The minimum atomic E-state index is -4.88. The Bertz CT molecular complexity index is 748. The Morgan fingerprint density at radius 3 is 2.24 bits per heavy atom. The number of benzene rings is 2. The average molecular weight is 352 g/mol. The van der Waals surface area contributed by atoms with E-state index in [1.165, 1.54) is 25.1 Å². The second kappa shape index (κ2) is 7.69. The molecule has 0 radical (unpaired) electrons. The molecule has 2 aromatic carbocycles. The van der Waals surface area contributed by atoms with E-state index in [9.17, 15) is 22.8 Å². The highest BCUT2D eigenvalue weighted by atomic mass is 19.4. The highest BCUT2D eigenvalue weighted by Crippen LogP contribution is 2.29. The third-order valence-corrected chi connectivity index (χ3v) is 3.15. The van der Waals surface area contributed by atoms with Crippen LogP contribution in [0.5, 0.6) is 5.75 Å². The Morgan fingerprint density at radius 1 is 1.00 bits per heavy atom. The van der Waals surface area contributed by atoms with E-state index in [1.54, 1.807) is 30.3 Å². The largest absolute Gasteiger partial charge is 0.573 e. The monoisotopic (exact) mass is 352 g/mol. The molecule has 0 aliphatic heterocycles. The Morgan fingerprint density at radius 2 is 1.60 bits per heavy atom. The lowest BCUT2D eigenvalue weighted by Gasteiger charge is -2.17. The summed E-state index contributed by atoms with van der Waals surface area (Å²) in [5.41, 5.74) is 0.216. The lowest BCUT2D eigenvalue weighted by Crippen LogP contribution is -2.41. The third kappa shape index (κ3) is 5.52. The predicted octanol–water partition coefficient (Wildman–Crippen LogP) is 3.34. The van der Waals surface area contributed by atoms with E-state index in [0.717, 1.165) is 6.07 Å². The fourth-order valence-corrected chi connectivity index (χ4v) is 1.96. The number of carbonyl (C=O) groups excluding carboxylic acids is 2. The molecule has 1 unspecified atom stereocenters. The summed E-state index contributed by atoms with van der Waals surface area (Å²) >= 11 is 0. The summed E-state index contributed by atoms with van der Waals surface area (Å²) in [4.78, 5) is 24.1. The molecule has 0 aliphatic carbocycles. The number of rotatable bonds is 5. The Kier molecular flexibility index (Phi) is 5.63. The van der Waals surface area contributed by atoms with Crippen LogP contribution >= 0.6 is 0 Å². The highest BCUT2D eigenvalue weighted by molar-refractivity contribution is 6.01. The van der Waals surface area contributed by atoms with Gasteiger partial charge in [0.1, 0.15) is 6.04 Å². The van der Waals surface area contributed by atoms with Gasteiger partial charge in [-0.25, -0.2) is 0 Å². The molecule has 0 spiro atoms. The lowest BCUT2D eigenvalue weighted by atomic mass is 10.2. The molecule has 25 heavy (non-hydrogen) atoms. The average Bonchev–Trinajstić information content (AvgIpc) is 2.56. The van der Waals surface area contributed by atoms with E-state index in [2.05, 4.69) is 15.4 Å². The molecule has 8 heteroatoms. The number of carbonyl (C=O) groups is 2. The zero-order valence-corrected chi connectivity index (χ0v) is 13.1. The van der Waals surface area contributed by atoms with Crippen LogP contribution in [0.15, 0.2) is 54.6 Å². The molecule has 0 saturated heterocycles. The maximum Gasteiger partial charge on any atom is 0.573 e. The van der Waals surface area contributed by atoms with Crippen molar-refractivity contribution in [3.05, 3.63) is 60.2 Å². The van der Waals surface area contributed by atoms with Gasteiger partial charge in [0.05, 0.1) is 5.69 Å². The summed E-state index contributed by atoms with van der Waals surface area (Å²) in [7, 11) is 0.